The predicted octanol–water partition coefficient (Wildman–Crippen LogP) is 3.00. The van der Waals surface area contributed by atoms with E-state index in [0.29, 0.717) is 18.4 Å². The van der Waals surface area contributed by atoms with Gasteiger partial charge in [-0.05, 0) is 37.8 Å². The number of aromatic hydroxyl groups is 1. The average Bonchev–Trinajstić information content (AvgIpc) is 3.09. The lowest BCUT2D eigenvalue weighted by molar-refractivity contribution is 0.0961. The topological polar surface area (TPSA) is 66.3 Å². The average molecular weight is 323 g/mol. The fraction of sp³-hybridized carbons (Fsp3) is 0.421. The number of para-hydroxylation sites is 1. The first-order chi connectivity index (χ1) is 11.6. The second-order valence-electron chi connectivity index (χ2n) is 6.71. The maximum Gasteiger partial charge on any atom is 0.225 e. The van der Waals surface area contributed by atoms with Gasteiger partial charge in [0.05, 0.1) is 17.0 Å². The fourth-order valence-corrected chi connectivity index (χ4v) is 3.87. The van der Waals surface area contributed by atoms with E-state index < -0.39 is 0 Å². The highest BCUT2D eigenvalue weighted by atomic mass is 16.3. The second-order valence-corrected chi connectivity index (χ2v) is 6.71. The van der Waals surface area contributed by atoms with Gasteiger partial charge in [-0.3, -0.25) is 4.79 Å². The van der Waals surface area contributed by atoms with Crippen LogP contribution >= 0.6 is 0 Å². The van der Waals surface area contributed by atoms with Crippen molar-refractivity contribution in [3.8, 4) is 5.75 Å². The van der Waals surface area contributed by atoms with Crippen molar-refractivity contribution in [3.05, 3.63) is 46.8 Å². The zero-order chi connectivity index (χ0) is 16.7. The van der Waals surface area contributed by atoms with E-state index in [9.17, 15) is 9.90 Å². The van der Waals surface area contributed by atoms with Crippen LogP contribution in [0.3, 0.4) is 0 Å². The first-order valence-corrected chi connectivity index (χ1v) is 8.57. The number of hydrogen-bond donors (Lipinski definition) is 1. The molecule has 24 heavy (non-hydrogen) atoms. The standard InChI is InChI=1S/C19H21N3O2/c1-12-18-15(21-19(20-12)22-8-4-5-9-22)10-13(11-17(18)24)14-6-2-3-7-16(14)23/h2-3,6-7,13,23H,4-5,8-11H2,1H3/t13-/m1/s1. The van der Waals surface area contributed by atoms with Crippen LogP contribution in [0.2, 0.25) is 0 Å². The molecule has 0 spiro atoms. The van der Waals surface area contributed by atoms with Gasteiger partial charge >= 0.3 is 0 Å². The third kappa shape index (κ3) is 2.54. The van der Waals surface area contributed by atoms with E-state index in [1.54, 1.807) is 12.1 Å². The van der Waals surface area contributed by atoms with Crippen LogP contribution in [0, 0.1) is 6.92 Å². The molecule has 124 valence electrons. The Labute approximate surface area is 141 Å². The normalized spacial score (nSPS) is 20.3. The Morgan fingerprint density at radius 1 is 1.12 bits per heavy atom. The Bertz CT molecular complexity index is 797. The number of ketones is 1. The largest absolute Gasteiger partial charge is 0.508 e. The molecule has 2 heterocycles. The fourth-order valence-electron chi connectivity index (χ4n) is 3.87. The summed E-state index contributed by atoms with van der Waals surface area (Å²) in [6.07, 6.45) is 3.40. The number of nitrogens with zero attached hydrogens (tertiary/aromatic N) is 3. The summed E-state index contributed by atoms with van der Waals surface area (Å²) in [6, 6.07) is 7.27. The van der Waals surface area contributed by atoms with Crippen LogP contribution in [-0.4, -0.2) is 33.9 Å². The highest BCUT2D eigenvalue weighted by Gasteiger charge is 2.31. The molecular weight excluding hydrogens is 302 g/mol. The van der Waals surface area contributed by atoms with Crippen molar-refractivity contribution in [1.29, 1.82) is 0 Å². The molecule has 1 aliphatic heterocycles. The van der Waals surface area contributed by atoms with E-state index >= 15 is 0 Å². The van der Waals surface area contributed by atoms with Crippen LogP contribution in [0.1, 0.15) is 52.5 Å². The summed E-state index contributed by atoms with van der Waals surface area (Å²) in [5, 5.41) is 10.1. The number of anilines is 1. The van der Waals surface area contributed by atoms with Crippen molar-refractivity contribution in [2.45, 2.75) is 38.5 Å². The van der Waals surface area contributed by atoms with E-state index in [-0.39, 0.29) is 17.5 Å². The number of carbonyl (C=O) groups is 1. The molecule has 1 saturated heterocycles. The molecule has 1 aromatic carbocycles. The van der Waals surface area contributed by atoms with Gasteiger partial charge in [-0.2, -0.15) is 0 Å². The lowest BCUT2D eigenvalue weighted by Crippen LogP contribution is -2.26. The smallest absolute Gasteiger partial charge is 0.225 e. The molecule has 0 radical (unpaired) electrons. The first-order valence-electron chi connectivity index (χ1n) is 8.57. The number of hydrogen-bond acceptors (Lipinski definition) is 5. The van der Waals surface area contributed by atoms with Gasteiger partial charge in [0.1, 0.15) is 5.75 Å². The third-order valence-corrected chi connectivity index (χ3v) is 5.07. The lowest BCUT2D eigenvalue weighted by Gasteiger charge is -2.26. The summed E-state index contributed by atoms with van der Waals surface area (Å²) in [5.74, 6) is 1.06. The number of rotatable bonds is 2. The molecule has 5 heteroatoms. The first kappa shape index (κ1) is 15.1. The number of carbonyl (C=O) groups excluding carboxylic acids is 1. The van der Waals surface area contributed by atoms with Gasteiger partial charge in [-0.25, -0.2) is 9.97 Å². The van der Waals surface area contributed by atoms with Gasteiger partial charge in [0, 0.05) is 25.4 Å². The zero-order valence-electron chi connectivity index (χ0n) is 13.8. The van der Waals surface area contributed by atoms with Crippen molar-refractivity contribution in [2.24, 2.45) is 0 Å². The van der Waals surface area contributed by atoms with E-state index in [2.05, 4.69) is 9.88 Å². The molecule has 4 rings (SSSR count). The van der Waals surface area contributed by atoms with Crippen LogP contribution in [-0.2, 0) is 6.42 Å². The summed E-state index contributed by atoms with van der Waals surface area (Å²) >= 11 is 0. The maximum atomic E-state index is 12.7. The van der Waals surface area contributed by atoms with Crippen LogP contribution < -0.4 is 4.90 Å². The number of aryl methyl sites for hydroxylation is 1. The maximum absolute atomic E-state index is 12.7. The summed E-state index contributed by atoms with van der Waals surface area (Å²) in [6.45, 7) is 3.86. The van der Waals surface area contributed by atoms with E-state index in [0.717, 1.165) is 36.0 Å². The molecule has 5 nitrogen and oxygen atoms in total. The predicted molar refractivity (Wildman–Crippen MR) is 91.7 cm³/mol. The summed E-state index contributed by atoms with van der Waals surface area (Å²) in [4.78, 5) is 24.2. The summed E-state index contributed by atoms with van der Waals surface area (Å²) in [7, 11) is 0. The van der Waals surface area contributed by atoms with Crippen molar-refractivity contribution in [2.75, 3.05) is 18.0 Å². The molecule has 2 aliphatic rings. The minimum Gasteiger partial charge on any atom is -0.508 e. The second kappa shape index (κ2) is 5.89. The van der Waals surface area contributed by atoms with Crippen molar-refractivity contribution < 1.29 is 9.90 Å². The third-order valence-electron chi connectivity index (χ3n) is 5.07. The van der Waals surface area contributed by atoms with Crippen LogP contribution in [0.5, 0.6) is 5.75 Å². The molecule has 1 atom stereocenters. The Hall–Kier alpha value is -2.43. The highest BCUT2D eigenvalue weighted by molar-refractivity contribution is 5.99. The quantitative estimate of drug-likeness (QED) is 0.920. The van der Waals surface area contributed by atoms with E-state index in [1.807, 2.05) is 19.1 Å². The molecule has 2 aromatic rings. The minimum absolute atomic E-state index is 0.0214. The Morgan fingerprint density at radius 3 is 2.62 bits per heavy atom. The Balaban J connectivity index is 1.73. The van der Waals surface area contributed by atoms with Gasteiger partial charge in [0.25, 0.3) is 0 Å². The number of Topliss-reactive ketones (excluding diaryl/α,β-unsaturated/α-hetero) is 1. The van der Waals surface area contributed by atoms with Crippen LogP contribution in [0.4, 0.5) is 5.95 Å². The number of aromatic nitrogens is 2. The van der Waals surface area contributed by atoms with Gasteiger partial charge in [-0.15, -0.1) is 0 Å². The van der Waals surface area contributed by atoms with Crippen LogP contribution in [0.15, 0.2) is 24.3 Å². The van der Waals surface area contributed by atoms with Crippen molar-refractivity contribution >= 4 is 11.7 Å². The molecule has 1 aromatic heterocycles. The molecule has 1 aliphatic carbocycles. The monoisotopic (exact) mass is 323 g/mol. The van der Waals surface area contributed by atoms with E-state index in [4.69, 9.17) is 4.98 Å². The minimum atomic E-state index is -0.0214. The Morgan fingerprint density at radius 2 is 1.88 bits per heavy atom. The number of fused-ring (bicyclic) bond motifs is 1. The SMILES string of the molecule is Cc1nc(N2CCCC2)nc2c1C(=O)C[C@H](c1ccccc1O)C2. The molecule has 0 saturated carbocycles. The number of phenolic OH excluding ortho intramolecular Hbond substituents is 1. The molecular formula is C19H21N3O2. The molecule has 1 fully saturated rings. The number of benzene rings is 1. The molecule has 0 bridgehead atoms. The molecule has 1 N–H and O–H groups in total. The summed E-state index contributed by atoms with van der Waals surface area (Å²) < 4.78 is 0. The van der Waals surface area contributed by atoms with Crippen molar-refractivity contribution in [3.63, 3.8) is 0 Å². The lowest BCUT2D eigenvalue weighted by atomic mass is 9.81. The van der Waals surface area contributed by atoms with Gasteiger partial charge in [0.2, 0.25) is 5.95 Å². The zero-order valence-corrected chi connectivity index (χ0v) is 13.8. The molecule has 0 amide bonds. The highest BCUT2D eigenvalue weighted by Crippen LogP contribution is 2.37. The van der Waals surface area contributed by atoms with E-state index in [1.165, 1.54) is 12.8 Å². The van der Waals surface area contributed by atoms with Crippen LogP contribution in [0.25, 0.3) is 0 Å². The molecule has 0 unspecified atom stereocenters. The summed E-state index contributed by atoms with van der Waals surface area (Å²) in [5.41, 5.74) is 3.12. The van der Waals surface area contributed by atoms with Crippen molar-refractivity contribution in [1.82, 2.24) is 9.97 Å². The van der Waals surface area contributed by atoms with Gasteiger partial charge in [-0.1, -0.05) is 18.2 Å². The number of phenols is 1. The van der Waals surface area contributed by atoms with Gasteiger partial charge in [0.15, 0.2) is 5.78 Å². The Kier molecular flexibility index (Phi) is 3.71. The van der Waals surface area contributed by atoms with Gasteiger partial charge < -0.3 is 10.0 Å².